The minimum atomic E-state index is 0.606. The Morgan fingerprint density at radius 3 is 2.93 bits per heavy atom. The van der Waals surface area contributed by atoms with Gasteiger partial charge in [-0.1, -0.05) is 13.8 Å². The first-order chi connectivity index (χ1) is 6.66. The van der Waals surface area contributed by atoms with Crippen molar-refractivity contribution in [3.8, 4) is 0 Å². The van der Waals surface area contributed by atoms with Crippen LogP contribution in [0.5, 0.6) is 0 Å². The van der Waals surface area contributed by atoms with Crippen LogP contribution in [-0.4, -0.2) is 15.0 Å². The Labute approximate surface area is 91.1 Å². The lowest BCUT2D eigenvalue weighted by Crippen LogP contribution is -1.95. The van der Waals surface area contributed by atoms with E-state index in [2.05, 4.69) is 44.7 Å². The molecule has 0 bridgehead atoms. The number of halogens is 1. The first-order valence-electron chi connectivity index (χ1n) is 4.66. The highest BCUT2D eigenvalue weighted by Gasteiger charge is 2.07. The minimum absolute atomic E-state index is 0.606. The number of aromatic nitrogens is 3. The summed E-state index contributed by atoms with van der Waals surface area (Å²) < 4.78 is 1.02. The number of nitrogens with zero attached hydrogens (tertiary/aromatic N) is 2. The van der Waals surface area contributed by atoms with Crippen molar-refractivity contribution in [1.29, 1.82) is 0 Å². The third kappa shape index (κ3) is 1.80. The molecule has 0 saturated heterocycles. The summed E-state index contributed by atoms with van der Waals surface area (Å²) in [5.74, 6) is 1.61. The van der Waals surface area contributed by atoms with Crippen molar-refractivity contribution in [2.24, 2.45) is 5.92 Å². The minimum Gasteiger partial charge on any atom is -0.340 e. The molecular formula is C10H12BrN3. The molecule has 2 rings (SSSR count). The first kappa shape index (κ1) is 9.65. The molecule has 1 N–H and O–H groups in total. The van der Waals surface area contributed by atoms with Gasteiger partial charge in [0.05, 0.1) is 5.52 Å². The number of imidazole rings is 1. The van der Waals surface area contributed by atoms with Crippen molar-refractivity contribution >= 4 is 27.1 Å². The van der Waals surface area contributed by atoms with Crippen LogP contribution in [0.4, 0.5) is 0 Å². The largest absolute Gasteiger partial charge is 0.340 e. The number of rotatable bonds is 2. The summed E-state index contributed by atoms with van der Waals surface area (Å²) in [6, 6.07) is 1.92. The molecule has 14 heavy (non-hydrogen) atoms. The Kier molecular flexibility index (Phi) is 2.54. The zero-order valence-electron chi connectivity index (χ0n) is 8.21. The fourth-order valence-corrected chi connectivity index (χ4v) is 1.81. The van der Waals surface area contributed by atoms with Gasteiger partial charge < -0.3 is 4.98 Å². The van der Waals surface area contributed by atoms with E-state index in [4.69, 9.17) is 0 Å². The lowest BCUT2D eigenvalue weighted by molar-refractivity contribution is 0.627. The Hall–Kier alpha value is -0.900. The number of hydrogen-bond acceptors (Lipinski definition) is 2. The molecule has 0 aliphatic carbocycles. The second-order valence-corrected chi connectivity index (χ2v) is 4.63. The molecule has 3 nitrogen and oxygen atoms in total. The molecule has 0 fully saturated rings. The van der Waals surface area contributed by atoms with E-state index in [1.165, 1.54) is 0 Å². The smallest absolute Gasteiger partial charge is 0.178 e. The van der Waals surface area contributed by atoms with Crippen LogP contribution in [0.15, 0.2) is 16.7 Å². The van der Waals surface area contributed by atoms with Gasteiger partial charge in [-0.25, -0.2) is 9.97 Å². The molecule has 0 unspecified atom stereocenters. The van der Waals surface area contributed by atoms with E-state index < -0.39 is 0 Å². The van der Waals surface area contributed by atoms with Crippen molar-refractivity contribution in [3.05, 3.63) is 22.6 Å². The van der Waals surface area contributed by atoms with Gasteiger partial charge in [0.25, 0.3) is 0 Å². The van der Waals surface area contributed by atoms with Crippen molar-refractivity contribution in [3.63, 3.8) is 0 Å². The van der Waals surface area contributed by atoms with Crippen LogP contribution in [-0.2, 0) is 6.42 Å². The van der Waals surface area contributed by atoms with Crippen molar-refractivity contribution < 1.29 is 0 Å². The van der Waals surface area contributed by atoms with E-state index in [1.807, 2.05) is 6.07 Å². The number of pyridine rings is 1. The topological polar surface area (TPSA) is 41.6 Å². The maximum atomic E-state index is 4.42. The highest BCUT2D eigenvalue weighted by molar-refractivity contribution is 9.10. The van der Waals surface area contributed by atoms with Crippen LogP contribution in [0, 0.1) is 5.92 Å². The molecule has 2 aromatic heterocycles. The highest BCUT2D eigenvalue weighted by Crippen LogP contribution is 2.20. The third-order valence-corrected chi connectivity index (χ3v) is 2.65. The molecule has 0 aliphatic rings. The van der Waals surface area contributed by atoms with Gasteiger partial charge in [0.15, 0.2) is 5.65 Å². The predicted molar refractivity (Wildman–Crippen MR) is 60.1 cm³/mol. The molecule has 0 atom stereocenters. The lowest BCUT2D eigenvalue weighted by Gasteiger charge is -1.98. The van der Waals surface area contributed by atoms with Gasteiger partial charge >= 0.3 is 0 Å². The van der Waals surface area contributed by atoms with Crippen LogP contribution in [0.1, 0.15) is 19.7 Å². The molecule has 0 spiro atoms. The van der Waals surface area contributed by atoms with Crippen LogP contribution in [0.3, 0.4) is 0 Å². The summed E-state index contributed by atoms with van der Waals surface area (Å²) in [5, 5.41) is 0. The Morgan fingerprint density at radius 2 is 2.29 bits per heavy atom. The number of aromatic amines is 1. The average Bonchev–Trinajstić information content (AvgIpc) is 2.47. The molecule has 0 aromatic carbocycles. The van der Waals surface area contributed by atoms with Gasteiger partial charge in [-0.3, -0.25) is 0 Å². The van der Waals surface area contributed by atoms with Crippen LogP contribution in [0.25, 0.3) is 11.2 Å². The van der Waals surface area contributed by atoms with E-state index in [0.717, 1.165) is 27.9 Å². The molecule has 0 aliphatic heterocycles. The van der Waals surface area contributed by atoms with E-state index in [-0.39, 0.29) is 0 Å². The number of hydrogen-bond donors (Lipinski definition) is 1. The fourth-order valence-electron chi connectivity index (χ4n) is 1.41. The second kappa shape index (κ2) is 3.69. The monoisotopic (exact) mass is 253 g/mol. The van der Waals surface area contributed by atoms with E-state index in [0.29, 0.717) is 5.92 Å². The molecule has 0 amide bonds. The van der Waals surface area contributed by atoms with E-state index >= 15 is 0 Å². The van der Waals surface area contributed by atoms with Gasteiger partial charge in [-0.15, -0.1) is 0 Å². The molecule has 2 heterocycles. The molecule has 4 heteroatoms. The molecule has 0 radical (unpaired) electrons. The summed E-state index contributed by atoms with van der Waals surface area (Å²) in [5.41, 5.74) is 1.78. The van der Waals surface area contributed by atoms with Crippen molar-refractivity contribution in [2.45, 2.75) is 20.3 Å². The normalized spacial score (nSPS) is 11.4. The van der Waals surface area contributed by atoms with Crippen LogP contribution < -0.4 is 0 Å². The quantitative estimate of drug-likeness (QED) is 0.895. The van der Waals surface area contributed by atoms with E-state index in [1.54, 1.807) is 6.20 Å². The maximum absolute atomic E-state index is 4.42. The van der Waals surface area contributed by atoms with Gasteiger partial charge in [0.2, 0.25) is 0 Å². The number of nitrogens with one attached hydrogen (secondary N) is 1. The Morgan fingerprint density at radius 1 is 1.50 bits per heavy atom. The van der Waals surface area contributed by atoms with Gasteiger partial charge in [-0.2, -0.15) is 0 Å². The van der Waals surface area contributed by atoms with Crippen LogP contribution >= 0.6 is 15.9 Å². The highest BCUT2D eigenvalue weighted by atomic mass is 79.9. The van der Waals surface area contributed by atoms with Crippen molar-refractivity contribution in [1.82, 2.24) is 15.0 Å². The third-order valence-electron chi connectivity index (χ3n) is 1.99. The first-order valence-corrected chi connectivity index (χ1v) is 5.45. The predicted octanol–water partition coefficient (Wildman–Crippen LogP) is 2.92. The Balaban J connectivity index is 2.46. The average molecular weight is 254 g/mol. The zero-order valence-corrected chi connectivity index (χ0v) is 9.80. The second-order valence-electron chi connectivity index (χ2n) is 3.77. The van der Waals surface area contributed by atoms with Gasteiger partial charge in [-0.05, 0) is 27.9 Å². The zero-order chi connectivity index (χ0) is 10.1. The van der Waals surface area contributed by atoms with Gasteiger partial charge in [0.1, 0.15) is 5.82 Å². The summed E-state index contributed by atoms with van der Waals surface area (Å²) >= 11 is 3.47. The van der Waals surface area contributed by atoms with Gasteiger partial charge in [0, 0.05) is 17.1 Å². The molecule has 0 saturated carbocycles. The summed E-state index contributed by atoms with van der Waals surface area (Å²) in [4.78, 5) is 11.9. The van der Waals surface area contributed by atoms with E-state index in [9.17, 15) is 0 Å². The lowest BCUT2D eigenvalue weighted by atomic mass is 10.1. The number of H-pyrrole nitrogens is 1. The fraction of sp³-hybridized carbons (Fsp3) is 0.400. The molecule has 2 aromatic rings. The summed E-state index contributed by atoms with van der Waals surface area (Å²) in [6.07, 6.45) is 2.72. The maximum Gasteiger partial charge on any atom is 0.178 e. The molecule has 74 valence electrons. The van der Waals surface area contributed by atoms with Crippen LogP contribution in [0.2, 0.25) is 0 Å². The summed E-state index contributed by atoms with van der Waals surface area (Å²) in [7, 11) is 0. The van der Waals surface area contributed by atoms with Crippen molar-refractivity contribution in [2.75, 3.05) is 0 Å². The number of fused-ring (bicyclic) bond motifs is 1. The summed E-state index contributed by atoms with van der Waals surface area (Å²) in [6.45, 7) is 4.35. The molecular weight excluding hydrogens is 242 g/mol. The standard InChI is InChI=1S/C10H12BrN3/c1-6(2)5-8-13-9-7(11)3-4-12-10(9)14-8/h3-4,6H,5H2,1-2H3,(H,12,13,14). The Bertz CT molecular complexity index is 448. The SMILES string of the molecule is CC(C)Cc1nc2nccc(Br)c2[nH]1.